The minimum atomic E-state index is -0.518. The number of anilines is 3. The molecular weight excluding hydrogens is 566 g/mol. The van der Waals surface area contributed by atoms with Gasteiger partial charge in [0.2, 0.25) is 0 Å². The summed E-state index contributed by atoms with van der Waals surface area (Å²) in [5, 5.41) is 25.6. The summed E-state index contributed by atoms with van der Waals surface area (Å²) in [6.07, 6.45) is 2.11. The van der Waals surface area contributed by atoms with E-state index in [1.54, 1.807) is 0 Å². The molecule has 0 spiro atoms. The molecule has 1 fully saturated rings. The fourth-order valence-electron chi connectivity index (χ4n) is 2.70. The molecule has 6 N–H and O–H groups in total. The molecule has 187 valence electrons. The second kappa shape index (κ2) is 15.2. The Kier molecular flexibility index (Phi) is 12.8. The molecule has 3 aromatic carbocycles. The molecule has 0 atom stereocenters. The number of rotatable bonds is 1. The van der Waals surface area contributed by atoms with Crippen LogP contribution in [-0.4, -0.2) is 7.64 Å². The predicted molar refractivity (Wildman–Crippen MR) is 143 cm³/mol. The first-order valence-electron chi connectivity index (χ1n) is 10.2. The van der Waals surface area contributed by atoms with Gasteiger partial charge in [-0.2, -0.15) is 15.8 Å². The van der Waals surface area contributed by atoms with Crippen LogP contribution in [0.1, 0.15) is 41.0 Å². The normalized spacial score (nSPS) is 10.8. The summed E-state index contributed by atoms with van der Waals surface area (Å²) in [6.45, 7) is 0. The molecule has 0 heterocycles. The van der Waals surface area contributed by atoms with Gasteiger partial charge in [-0.05, 0) is 82.7 Å². The van der Waals surface area contributed by atoms with Crippen LogP contribution in [0.25, 0.3) is 0 Å². The van der Waals surface area contributed by atoms with E-state index in [2.05, 4.69) is 40.7 Å². The Labute approximate surface area is 227 Å². The van der Waals surface area contributed by atoms with Crippen LogP contribution in [0.3, 0.4) is 0 Å². The first kappa shape index (κ1) is 31.0. The molecule has 1 aliphatic carbocycles. The first-order chi connectivity index (χ1) is 17.5. The average Bonchev–Trinajstić information content (AvgIpc) is 3.71. The van der Waals surface area contributed by atoms with E-state index in [0.29, 0.717) is 27.1 Å². The van der Waals surface area contributed by atoms with Crippen LogP contribution in [0.4, 0.5) is 30.2 Å². The summed E-state index contributed by atoms with van der Waals surface area (Å²) >= 11 is 6.21. The molecule has 0 unspecified atom stereocenters. The molecule has 0 aromatic heterocycles. The van der Waals surface area contributed by atoms with Crippen LogP contribution in [0.2, 0.25) is 0 Å². The molecule has 1 aliphatic rings. The van der Waals surface area contributed by atoms with Crippen molar-refractivity contribution in [2.75, 3.05) is 17.2 Å². The van der Waals surface area contributed by atoms with Crippen molar-refractivity contribution in [2.45, 2.75) is 18.8 Å². The third-order valence-corrected chi connectivity index (χ3v) is 5.29. The van der Waals surface area contributed by atoms with Crippen LogP contribution in [0, 0.1) is 51.4 Å². The summed E-state index contributed by atoms with van der Waals surface area (Å²) in [5.74, 6) is -1.04. The van der Waals surface area contributed by atoms with E-state index in [-0.39, 0.29) is 17.1 Å². The van der Waals surface area contributed by atoms with Gasteiger partial charge in [0.25, 0.3) is 0 Å². The van der Waals surface area contributed by atoms with E-state index in [9.17, 15) is 13.2 Å². The van der Waals surface area contributed by atoms with Crippen molar-refractivity contribution in [3.05, 3.63) is 86.6 Å². The van der Waals surface area contributed by atoms with E-state index in [4.69, 9.17) is 33.0 Å². The van der Waals surface area contributed by atoms with Gasteiger partial charge < -0.3 is 17.2 Å². The number of nitriles is 3. The zero-order valence-corrected chi connectivity index (χ0v) is 21.6. The predicted octanol–water partition coefficient (Wildman–Crippen LogP) is 5.66. The summed E-state index contributed by atoms with van der Waals surface area (Å²) in [6, 6.07) is 14.9. The number of nitrogen functional groups attached to an aromatic ring is 3. The van der Waals surface area contributed by atoms with Crippen molar-refractivity contribution in [2.24, 2.45) is 4.30 Å². The number of nitrogens with two attached hydrogens (primary N) is 3. The van der Waals surface area contributed by atoms with Gasteiger partial charge in [0.15, 0.2) is 0 Å². The Hall–Kier alpha value is -3.99. The summed E-state index contributed by atoms with van der Waals surface area (Å²) in [7, 11) is 4.34. The summed E-state index contributed by atoms with van der Waals surface area (Å²) in [5.41, 5.74) is 17.8. The van der Waals surface area contributed by atoms with Gasteiger partial charge in [-0.1, -0.05) is 0 Å². The number of benzene rings is 3. The van der Waals surface area contributed by atoms with Crippen molar-refractivity contribution < 1.29 is 13.2 Å². The Morgan fingerprint density at radius 1 is 0.811 bits per heavy atom. The Morgan fingerprint density at radius 2 is 1.30 bits per heavy atom. The Morgan fingerprint density at radius 3 is 1.76 bits per heavy atom. The SMILES string of the molecule is N#Cc1cc(N)c(F)cc1Br.N#Cc1cc(N)c(F)cc1C1CC1.N#Cc1ccc(F)c(N)c1.[B]=NS. The van der Waals surface area contributed by atoms with Crippen molar-refractivity contribution in [1.82, 2.24) is 0 Å². The molecule has 3 aromatic rings. The van der Waals surface area contributed by atoms with Crippen LogP contribution >= 0.6 is 28.7 Å². The topological polar surface area (TPSA) is 162 Å². The second-order valence-corrected chi connectivity index (χ2v) is 8.36. The maximum absolute atomic E-state index is 13.0. The van der Waals surface area contributed by atoms with E-state index in [1.807, 2.05) is 18.2 Å². The summed E-state index contributed by atoms with van der Waals surface area (Å²) in [4.78, 5) is 0. The average molecular weight is 585 g/mol. The minimum absolute atomic E-state index is 0.00949. The molecule has 0 amide bonds. The van der Waals surface area contributed by atoms with E-state index in [1.165, 1.54) is 42.5 Å². The zero-order chi connectivity index (χ0) is 28.1. The maximum atomic E-state index is 13.0. The molecule has 0 saturated heterocycles. The van der Waals surface area contributed by atoms with Gasteiger partial charge in [0.05, 0.1) is 45.9 Å². The number of thiol groups is 1. The monoisotopic (exact) mass is 584 g/mol. The molecule has 0 bridgehead atoms. The number of hydrogen-bond donors (Lipinski definition) is 4. The van der Waals surface area contributed by atoms with Crippen LogP contribution in [0.5, 0.6) is 0 Å². The third-order valence-electron chi connectivity index (χ3n) is 4.64. The van der Waals surface area contributed by atoms with Gasteiger partial charge in [-0.15, -0.1) is 0 Å². The molecule has 4 rings (SSSR count). The summed E-state index contributed by atoms with van der Waals surface area (Å²) < 4.78 is 41.2. The molecule has 0 aliphatic heterocycles. The van der Waals surface area contributed by atoms with Gasteiger partial charge in [0.1, 0.15) is 23.5 Å². The third kappa shape index (κ3) is 9.89. The van der Waals surface area contributed by atoms with Crippen LogP contribution in [-0.2, 0) is 0 Å². The quantitative estimate of drug-likeness (QED) is 0.164. The number of nitrogens with zero attached hydrogens (tertiary/aromatic N) is 4. The van der Waals surface area contributed by atoms with E-state index >= 15 is 0 Å². The molecule has 1 saturated carbocycles. The van der Waals surface area contributed by atoms with Crippen molar-refractivity contribution in [1.29, 1.82) is 15.8 Å². The number of halogens is 4. The van der Waals surface area contributed by atoms with Gasteiger partial charge in [-0.25, -0.2) is 13.2 Å². The first-order valence-corrected chi connectivity index (χ1v) is 11.3. The van der Waals surface area contributed by atoms with Crippen LogP contribution in [0.15, 0.2) is 51.2 Å². The standard InChI is InChI=1S/C10H9FN2.C7H4BrFN2.C7H5FN2.BHNS/c11-9-4-8(6-1-2-6)7(5-12)3-10(9)13;8-5-2-6(9)7(11)1-4(5)3-10;8-6-2-1-5(4-9)3-7(6)10;1-2-3/h3-4,6H,1-2,13H2;1-2H,11H2;1-3H,10H2;3H. The molecule has 37 heavy (non-hydrogen) atoms. The Bertz CT molecular complexity index is 1400. The fourth-order valence-corrected chi connectivity index (χ4v) is 3.10. The molecule has 1 radical (unpaired) electrons. The Balaban J connectivity index is 0.000000266. The van der Waals surface area contributed by atoms with Crippen molar-refractivity contribution in [3.63, 3.8) is 0 Å². The zero-order valence-electron chi connectivity index (χ0n) is 19.1. The second-order valence-electron chi connectivity index (χ2n) is 7.28. The van der Waals surface area contributed by atoms with Gasteiger partial charge >= 0.3 is 24.8 Å². The molecular formula is C24H19BBrF3N7S. The fraction of sp³-hybridized carbons (Fsp3) is 0.125. The van der Waals surface area contributed by atoms with Crippen molar-refractivity contribution >= 4 is 53.4 Å². The van der Waals surface area contributed by atoms with Crippen LogP contribution < -0.4 is 17.2 Å². The molecule has 13 heteroatoms. The van der Waals surface area contributed by atoms with Crippen molar-refractivity contribution in [3.8, 4) is 18.2 Å². The van der Waals surface area contributed by atoms with E-state index < -0.39 is 17.5 Å². The van der Waals surface area contributed by atoms with E-state index in [0.717, 1.165) is 18.4 Å². The van der Waals surface area contributed by atoms with Gasteiger partial charge in [-0.3, -0.25) is 0 Å². The van der Waals surface area contributed by atoms with Gasteiger partial charge in [0, 0.05) is 4.47 Å². The number of hydrogen-bond acceptors (Lipinski definition) is 8. The molecule has 7 nitrogen and oxygen atoms in total.